The Morgan fingerprint density at radius 3 is 1.92 bits per heavy atom. The summed E-state index contributed by atoms with van der Waals surface area (Å²) in [5, 5.41) is 39.9. The lowest BCUT2D eigenvalue weighted by molar-refractivity contribution is -0.125. The average molecular weight is 374 g/mol. The van der Waals surface area contributed by atoms with Gasteiger partial charge in [0.1, 0.15) is 6.61 Å². The number of aliphatic hydroxyl groups excluding tert-OH is 4. The van der Waals surface area contributed by atoms with Gasteiger partial charge in [-0.1, -0.05) is 83.3 Å². The van der Waals surface area contributed by atoms with Gasteiger partial charge < -0.3 is 25.7 Å². The Morgan fingerprint density at radius 1 is 0.885 bits per heavy atom. The zero-order chi connectivity index (χ0) is 19.6. The Morgan fingerprint density at radius 2 is 1.42 bits per heavy atom. The molecule has 0 spiro atoms. The van der Waals surface area contributed by atoms with Crippen molar-refractivity contribution in [2.45, 2.75) is 95.8 Å². The number of rotatable bonds is 17. The summed E-state index contributed by atoms with van der Waals surface area (Å²) in [6.45, 7) is 1.07. The number of aliphatic hydroxyl groups is 4. The fraction of sp³-hybridized carbons (Fsp3) is 0.850. The van der Waals surface area contributed by atoms with E-state index in [1.54, 1.807) is 0 Å². The van der Waals surface area contributed by atoms with Gasteiger partial charge in [0.15, 0.2) is 0 Å². The summed E-state index contributed by atoms with van der Waals surface area (Å²) in [6, 6.07) is -0.893. The first-order valence-corrected chi connectivity index (χ1v) is 10.1. The van der Waals surface area contributed by atoms with Crippen LogP contribution >= 0.6 is 0 Å². The van der Waals surface area contributed by atoms with Crippen LogP contribution in [0, 0.1) is 0 Å². The van der Waals surface area contributed by atoms with Crippen LogP contribution < -0.4 is 5.32 Å². The van der Waals surface area contributed by atoms with Crippen molar-refractivity contribution in [3.8, 4) is 0 Å². The van der Waals surface area contributed by atoms with E-state index in [0.717, 1.165) is 12.8 Å². The lowest BCUT2D eigenvalue weighted by atomic mass is 10.0. The van der Waals surface area contributed by atoms with Crippen molar-refractivity contribution >= 4 is 5.91 Å². The van der Waals surface area contributed by atoms with Crippen LogP contribution in [0.3, 0.4) is 0 Å². The second kappa shape index (κ2) is 17.5. The molecule has 0 aromatic carbocycles. The molecule has 0 radical (unpaired) electrons. The van der Waals surface area contributed by atoms with Crippen molar-refractivity contribution in [3.05, 3.63) is 12.2 Å². The van der Waals surface area contributed by atoms with Gasteiger partial charge in [-0.2, -0.15) is 0 Å². The number of amides is 1. The molecule has 26 heavy (non-hydrogen) atoms. The van der Waals surface area contributed by atoms with Crippen molar-refractivity contribution in [1.82, 2.24) is 5.32 Å². The molecule has 0 unspecified atom stereocenters. The van der Waals surface area contributed by atoms with E-state index in [9.17, 15) is 15.0 Å². The Labute approximate surface area is 158 Å². The fourth-order valence-electron chi connectivity index (χ4n) is 2.80. The van der Waals surface area contributed by atoms with Gasteiger partial charge in [0.05, 0.1) is 24.9 Å². The van der Waals surface area contributed by atoms with Crippen molar-refractivity contribution in [3.63, 3.8) is 0 Å². The van der Waals surface area contributed by atoms with Crippen molar-refractivity contribution < 1.29 is 25.2 Å². The molecule has 5 N–H and O–H groups in total. The molecule has 0 saturated heterocycles. The Hall–Kier alpha value is -0.950. The molecule has 0 aliphatic rings. The van der Waals surface area contributed by atoms with E-state index in [4.69, 9.17) is 10.2 Å². The first kappa shape index (κ1) is 25.1. The van der Waals surface area contributed by atoms with E-state index in [0.29, 0.717) is 6.42 Å². The highest BCUT2D eigenvalue weighted by molar-refractivity contribution is 5.77. The van der Waals surface area contributed by atoms with Gasteiger partial charge in [-0.3, -0.25) is 4.79 Å². The Kier molecular flexibility index (Phi) is 16.8. The van der Waals surface area contributed by atoms with Crippen LogP contribution in [0.15, 0.2) is 12.2 Å². The predicted molar refractivity (Wildman–Crippen MR) is 104 cm³/mol. The van der Waals surface area contributed by atoms with Gasteiger partial charge in [0.2, 0.25) is 5.91 Å². The molecule has 3 atom stereocenters. The zero-order valence-electron chi connectivity index (χ0n) is 16.3. The largest absolute Gasteiger partial charge is 0.394 e. The topological polar surface area (TPSA) is 110 Å². The van der Waals surface area contributed by atoms with Crippen LogP contribution in [0.1, 0.15) is 77.6 Å². The molecule has 0 aliphatic carbocycles. The van der Waals surface area contributed by atoms with Crippen molar-refractivity contribution in [2.75, 3.05) is 13.2 Å². The van der Waals surface area contributed by atoms with Crippen LogP contribution in [0.25, 0.3) is 0 Å². The summed E-state index contributed by atoms with van der Waals surface area (Å²) < 4.78 is 0. The fourth-order valence-corrected chi connectivity index (χ4v) is 2.80. The molecule has 0 rings (SSSR count). The summed E-state index contributed by atoms with van der Waals surface area (Å²) in [4.78, 5) is 11.1. The molecular formula is C20H39NO5. The predicted octanol–water partition coefficient (Wildman–Crippen LogP) is 2.04. The molecule has 1 amide bonds. The van der Waals surface area contributed by atoms with E-state index in [1.165, 1.54) is 63.5 Å². The molecule has 0 aromatic rings. The molecule has 0 fully saturated rings. The Bertz CT molecular complexity index is 362. The SMILES string of the molecule is CCCCCCCCCCCC[C@@H](O)/C=C/[C@@H](O)[C@H](CO)NC(=O)CO. The monoisotopic (exact) mass is 373 g/mol. The van der Waals surface area contributed by atoms with Gasteiger partial charge in [0, 0.05) is 0 Å². The van der Waals surface area contributed by atoms with Gasteiger partial charge in [-0.25, -0.2) is 0 Å². The van der Waals surface area contributed by atoms with Crippen molar-refractivity contribution in [2.24, 2.45) is 0 Å². The highest BCUT2D eigenvalue weighted by atomic mass is 16.3. The Balaban J connectivity index is 3.75. The quantitative estimate of drug-likeness (QED) is 0.198. The molecule has 0 saturated carbocycles. The highest BCUT2D eigenvalue weighted by Gasteiger charge is 2.18. The van der Waals surface area contributed by atoms with E-state index in [-0.39, 0.29) is 0 Å². The van der Waals surface area contributed by atoms with E-state index in [1.807, 2.05) is 0 Å². The minimum atomic E-state index is -1.11. The maximum absolute atomic E-state index is 11.1. The maximum atomic E-state index is 11.1. The summed E-state index contributed by atoms with van der Waals surface area (Å²) in [5.74, 6) is -0.664. The standard InChI is InChI=1S/C20H39NO5/c1-2-3-4-5-6-7-8-9-10-11-12-17(24)13-14-19(25)18(15-22)21-20(26)16-23/h13-14,17-19,22-25H,2-12,15-16H2,1H3,(H,21,26)/b14-13+/t17-,18+,19-/m1/s1. The first-order valence-electron chi connectivity index (χ1n) is 10.1. The summed E-state index contributed by atoms with van der Waals surface area (Å²) in [7, 11) is 0. The number of hydrogen-bond donors (Lipinski definition) is 5. The molecule has 6 heteroatoms. The third-order valence-electron chi connectivity index (χ3n) is 4.48. The average Bonchev–Trinajstić information content (AvgIpc) is 2.65. The zero-order valence-corrected chi connectivity index (χ0v) is 16.3. The summed E-state index contributed by atoms with van der Waals surface area (Å²) >= 11 is 0. The third-order valence-corrected chi connectivity index (χ3v) is 4.48. The van der Waals surface area contributed by atoms with Gasteiger partial charge in [0.25, 0.3) is 0 Å². The minimum Gasteiger partial charge on any atom is -0.394 e. The molecule has 0 aromatic heterocycles. The lowest BCUT2D eigenvalue weighted by Gasteiger charge is -2.19. The van der Waals surface area contributed by atoms with Crippen molar-refractivity contribution in [1.29, 1.82) is 0 Å². The number of carbonyl (C=O) groups excluding carboxylic acids is 1. The molecule has 0 bridgehead atoms. The maximum Gasteiger partial charge on any atom is 0.246 e. The normalized spacial score (nSPS) is 15.1. The second-order valence-electron chi connectivity index (χ2n) is 6.93. The third kappa shape index (κ3) is 14.2. The molecule has 0 heterocycles. The highest BCUT2D eigenvalue weighted by Crippen LogP contribution is 2.12. The number of carbonyl (C=O) groups is 1. The van der Waals surface area contributed by atoms with Crippen LogP contribution in [-0.4, -0.2) is 57.8 Å². The van der Waals surface area contributed by atoms with Gasteiger partial charge in [-0.05, 0) is 6.42 Å². The van der Waals surface area contributed by atoms with Crippen LogP contribution in [0.5, 0.6) is 0 Å². The van der Waals surface area contributed by atoms with Crippen LogP contribution in [0.4, 0.5) is 0 Å². The first-order chi connectivity index (χ1) is 12.5. The van der Waals surface area contributed by atoms with Crippen LogP contribution in [-0.2, 0) is 4.79 Å². The summed E-state index contributed by atoms with van der Waals surface area (Å²) in [6.07, 6.45) is 14.1. The molecular weight excluding hydrogens is 334 g/mol. The number of hydrogen-bond acceptors (Lipinski definition) is 5. The number of unbranched alkanes of at least 4 members (excludes halogenated alkanes) is 9. The summed E-state index contributed by atoms with van der Waals surface area (Å²) in [5.41, 5.74) is 0. The smallest absolute Gasteiger partial charge is 0.246 e. The van der Waals surface area contributed by atoms with E-state index < -0.39 is 37.4 Å². The molecule has 154 valence electrons. The van der Waals surface area contributed by atoms with Gasteiger partial charge in [-0.15, -0.1) is 0 Å². The lowest BCUT2D eigenvalue weighted by Crippen LogP contribution is -2.46. The van der Waals surface area contributed by atoms with Crippen LogP contribution in [0.2, 0.25) is 0 Å². The van der Waals surface area contributed by atoms with E-state index >= 15 is 0 Å². The minimum absolute atomic E-state index is 0.453. The second-order valence-corrected chi connectivity index (χ2v) is 6.93. The van der Waals surface area contributed by atoms with E-state index in [2.05, 4.69) is 12.2 Å². The number of nitrogens with one attached hydrogen (secondary N) is 1. The molecule has 0 aliphatic heterocycles. The molecule has 6 nitrogen and oxygen atoms in total. The van der Waals surface area contributed by atoms with Gasteiger partial charge >= 0.3 is 0 Å².